The molecule has 112 valence electrons. The molecule has 0 bridgehead atoms. The van der Waals surface area contributed by atoms with Gasteiger partial charge in [0.15, 0.2) is 0 Å². The SMILES string of the molecule is CCCCCCCCCC(=O)Nc1ccc(Br)c(C)c1. The number of halogens is 1. The summed E-state index contributed by atoms with van der Waals surface area (Å²) in [6.07, 6.45) is 9.30. The molecule has 0 saturated carbocycles. The van der Waals surface area contributed by atoms with E-state index in [2.05, 4.69) is 28.2 Å². The Kier molecular flexibility index (Phi) is 8.59. The fourth-order valence-corrected chi connectivity index (χ4v) is 2.44. The van der Waals surface area contributed by atoms with E-state index in [9.17, 15) is 4.79 Å². The van der Waals surface area contributed by atoms with Gasteiger partial charge < -0.3 is 5.32 Å². The minimum absolute atomic E-state index is 0.125. The maximum atomic E-state index is 11.8. The zero-order chi connectivity index (χ0) is 14.8. The van der Waals surface area contributed by atoms with Crippen molar-refractivity contribution in [1.29, 1.82) is 0 Å². The number of unbranched alkanes of at least 4 members (excludes halogenated alkanes) is 6. The molecule has 1 rings (SSSR count). The van der Waals surface area contributed by atoms with E-state index in [1.165, 1.54) is 32.1 Å². The summed E-state index contributed by atoms with van der Waals surface area (Å²) >= 11 is 3.46. The molecule has 0 spiro atoms. The van der Waals surface area contributed by atoms with E-state index in [-0.39, 0.29) is 5.91 Å². The number of rotatable bonds is 9. The zero-order valence-corrected chi connectivity index (χ0v) is 14.3. The van der Waals surface area contributed by atoms with Crippen molar-refractivity contribution in [2.45, 2.75) is 65.2 Å². The van der Waals surface area contributed by atoms with Gasteiger partial charge in [-0.2, -0.15) is 0 Å². The van der Waals surface area contributed by atoms with E-state index in [1.54, 1.807) is 0 Å². The van der Waals surface area contributed by atoms with Gasteiger partial charge in [0, 0.05) is 16.6 Å². The highest BCUT2D eigenvalue weighted by molar-refractivity contribution is 9.10. The van der Waals surface area contributed by atoms with Crippen LogP contribution in [-0.4, -0.2) is 5.91 Å². The van der Waals surface area contributed by atoms with Gasteiger partial charge in [-0.1, -0.05) is 61.4 Å². The van der Waals surface area contributed by atoms with Crippen LogP contribution < -0.4 is 5.32 Å². The Bertz CT molecular complexity index is 417. The van der Waals surface area contributed by atoms with E-state index in [4.69, 9.17) is 0 Å². The van der Waals surface area contributed by atoms with Crippen molar-refractivity contribution < 1.29 is 4.79 Å². The largest absolute Gasteiger partial charge is 0.326 e. The lowest BCUT2D eigenvalue weighted by molar-refractivity contribution is -0.116. The highest BCUT2D eigenvalue weighted by atomic mass is 79.9. The van der Waals surface area contributed by atoms with Crippen LogP contribution in [0.3, 0.4) is 0 Å². The topological polar surface area (TPSA) is 29.1 Å². The van der Waals surface area contributed by atoms with Gasteiger partial charge in [0.25, 0.3) is 0 Å². The molecule has 0 aromatic heterocycles. The quantitative estimate of drug-likeness (QED) is 0.563. The van der Waals surface area contributed by atoms with Crippen LogP contribution in [0, 0.1) is 6.92 Å². The Morgan fingerprint density at radius 2 is 1.75 bits per heavy atom. The van der Waals surface area contributed by atoms with Gasteiger partial charge in [-0.3, -0.25) is 4.79 Å². The fourth-order valence-electron chi connectivity index (χ4n) is 2.19. The summed E-state index contributed by atoms with van der Waals surface area (Å²) in [7, 11) is 0. The molecule has 0 saturated heterocycles. The van der Waals surface area contributed by atoms with Gasteiger partial charge in [-0.05, 0) is 37.1 Å². The highest BCUT2D eigenvalue weighted by Gasteiger charge is 2.03. The normalized spacial score (nSPS) is 10.6. The molecular formula is C17H26BrNO. The van der Waals surface area contributed by atoms with Crippen LogP contribution in [-0.2, 0) is 4.79 Å². The van der Waals surface area contributed by atoms with Crippen LogP contribution in [0.2, 0.25) is 0 Å². The van der Waals surface area contributed by atoms with Gasteiger partial charge in [-0.25, -0.2) is 0 Å². The number of hydrogen-bond acceptors (Lipinski definition) is 1. The third-order valence-electron chi connectivity index (χ3n) is 3.45. The molecule has 0 fully saturated rings. The second kappa shape index (κ2) is 9.98. The summed E-state index contributed by atoms with van der Waals surface area (Å²) in [6, 6.07) is 5.89. The van der Waals surface area contributed by atoms with Crippen LogP contribution in [0.5, 0.6) is 0 Å². The van der Waals surface area contributed by atoms with Gasteiger partial charge in [0.1, 0.15) is 0 Å². The highest BCUT2D eigenvalue weighted by Crippen LogP contribution is 2.20. The van der Waals surface area contributed by atoms with Crippen LogP contribution in [0.25, 0.3) is 0 Å². The van der Waals surface area contributed by atoms with Gasteiger partial charge >= 0.3 is 0 Å². The van der Waals surface area contributed by atoms with E-state index in [0.717, 1.165) is 28.6 Å². The summed E-state index contributed by atoms with van der Waals surface area (Å²) in [5.41, 5.74) is 2.03. The van der Waals surface area contributed by atoms with E-state index < -0.39 is 0 Å². The smallest absolute Gasteiger partial charge is 0.224 e. The lowest BCUT2D eigenvalue weighted by Gasteiger charge is -2.07. The monoisotopic (exact) mass is 339 g/mol. The Labute approximate surface area is 131 Å². The molecule has 0 heterocycles. The van der Waals surface area contributed by atoms with Crippen LogP contribution in [0.4, 0.5) is 5.69 Å². The Morgan fingerprint density at radius 1 is 1.10 bits per heavy atom. The van der Waals surface area contributed by atoms with Gasteiger partial charge in [-0.15, -0.1) is 0 Å². The number of nitrogens with one attached hydrogen (secondary N) is 1. The molecule has 1 aromatic carbocycles. The maximum Gasteiger partial charge on any atom is 0.224 e. The lowest BCUT2D eigenvalue weighted by Crippen LogP contribution is -2.11. The average molecular weight is 340 g/mol. The molecule has 1 aromatic rings. The Hall–Kier alpha value is -0.830. The summed E-state index contributed by atoms with van der Waals surface area (Å²) in [5, 5.41) is 2.96. The van der Waals surface area contributed by atoms with Crippen molar-refractivity contribution in [3.8, 4) is 0 Å². The van der Waals surface area contributed by atoms with Crippen LogP contribution in [0.15, 0.2) is 22.7 Å². The third-order valence-corrected chi connectivity index (χ3v) is 4.34. The number of anilines is 1. The first-order valence-electron chi connectivity index (χ1n) is 7.69. The van der Waals surface area contributed by atoms with Crippen molar-refractivity contribution >= 4 is 27.5 Å². The molecule has 1 amide bonds. The van der Waals surface area contributed by atoms with E-state index in [0.29, 0.717) is 6.42 Å². The van der Waals surface area contributed by atoms with E-state index >= 15 is 0 Å². The number of benzene rings is 1. The van der Waals surface area contributed by atoms with Crippen LogP contribution >= 0.6 is 15.9 Å². The summed E-state index contributed by atoms with van der Waals surface area (Å²) < 4.78 is 1.07. The first kappa shape index (κ1) is 17.2. The molecule has 0 aliphatic heterocycles. The molecule has 0 atom stereocenters. The van der Waals surface area contributed by atoms with Crippen molar-refractivity contribution in [3.63, 3.8) is 0 Å². The molecule has 1 N–H and O–H groups in total. The Morgan fingerprint density at radius 3 is 2.40 bits per heavy atom. The van der Waals surface area contributed by atoms with Gasteiger partial charge in [0.05, 0.1) is 0 Å². The number of aryl methyl sites for hydroxylation is 1. The predicted molar refractivity (Wildman–Crippen MR) is 90.1 cm³/mol. The molecule has 0 unspecified atom stereocenters. The molecule has 0 aliphatic rings. The zero-order valence-electron chi connectivity index (χ0n) is 12.7. The number of carbonyl (C=O) groups is 1. The second-order valence-corrected chi connectivity index (χ2v) is 6.24. The standard InChI is InChI=1S/C17H26BrNO/c1-3-4-5-6-7-8-9-10-17(20)19-15-11-12-16(18)14(2)13-15/h11-13H,3-10H2,1-2H3,(H,19,20). The summed E-state index contributed by atoms with van der Waals surface area (Å²) in [5.74, 6) is 0.125. The fraction of sp³-hybridized carbons (Fsp3) is 0.588. The van der Waals surface area contributed by atoms with Crippen LogP contribution in [0.1, 0.15) is 63.9 Å². The number of hydrogen-bond donors (Lipinski definition) is 1. The Balaban J connectivity index is 2.15. The minimum atomic E-state index is 0.125. The molecule has 2 nitrogen and oxygen atoms in total. The average Bonchev–Trinajstić information content (AvgIpc) is 2.42. The van der Waals surface area contributed by atoms with Crippen molar-refractivity contribution in [1.82, 2.24) is 0 Å². The first-order chi connectivity index (χ1) is 9.63. The summed E-state index contributed by atoms with van der Waals surface area (Å²) in [6.45, 7) is 4.25. The minimum Gasteiger partial charge on any atom is -0.326 e. The third kappa shape index (κ3) is 7.09. The number of carbonyl (C=O) groups excluding carboxylic acids is 1. The van der Waals surface area contributed by atoms with E-state index in [1.807, 2.05) is 25.1 Å². The first-order valence-corrected chi connectivity index (χ1v) is 8.48. The molecule has 0 radical (unpaired) electrons. The maximum absolute atomic E-state index is 11.8. The second-order valence-electron chi connectivity index (χ2n) is 5.38. The molecule has 20 heavy (non-hydrogen) atoms. The molecule has 3 heteroatoms. The molecular weight excluding hydrogens is 314 g/mol. The van der Waals surface area contributed by atoms with Crippen molar-refractivity contribution in [2.24, 2.45) is 0 Å². The lowest BCUT2D eigenvalue weighted by atomic mass is 10.1. The molecule has 0 aliphatic carbocycles. The summed E-state index contributed by atoms with van der Waals surface area (Å²) in [4.78, 5) is 11.8. The van der Waals surface area contributed by atoms with Crippen molar-refractivity contribution in [2.75, 3.05) is 5.32 Å². The van der Waals surface area contributed by atoms with Crippen molar-refractivity contribution in [3.05, 3.63) is 28.2 Å². The van der Waals surface area contributed by atoms with Gasteiger partial charge in [0.2, 0.25) is 5.91 Å². The predicted octanol–water partition coefficient (Wildman–Crippen LogP) is 5.84. The number of amides is 1.